The van der Waals surface area contributed by atoms with Gasteiger partial charge in [-0.3, -0.25) is 4.99 Å². The lowest BCUT2D eigenvalue weighted by molar-refractivity contribution is -0.0250. The quantitative estimate of drug-likeness (QED) is 0.431. The Morgan fingerprint density at radius 1 is 1.25 bits per heavy atom. The zero-order valence-electron chi connectivity index (χ0n) is 15.3. The predicted molar refractivity (Wildman–Crippen MR) is 101 cm³/mol. The maximum atomic E-state index is 6.04. The smallest absolute Gasteiger partial charge is 0.188 e. The van der Waals surface area contributed by atoms with Crippen molar-refractivity contribution in [3.05, 3.63) is 35.4 Å². The van der Waals surface area contributed by atoms with Gasteiger partial charge in [-0.2, -0.15) is 0 Å². The van der Waals surface area contributed by atoms with E-state index in [1.54, 1.807) is 0 Å². The summed E-state index contributed by atoms with van der Waals surface area (Å²) in [5.74, 6) is 0.974. The molecule has 0 aliphatic carbocycles. The molecule has 3 N–H and O–H groups in total. The molecule has 1 fully saturated rings. The first-order valence-corrected chi connectivity index (χ1v) is 9.42. The number of nitrogens with two attached hydrogens (primary N) is 1. The fraction of sp³-hybridized carbons (Fsp3) is 0.650. The Bertz CT molecular complexity index is 498. The molecule has 134 valence electrons. The number of hydrogen-bond donors (Lipinski definition) is 2. The van der Waals surface area contributed by atoms with E-state index in [4.69, 9.17) is 10.5 Å². The minimum Gasteiger partial charge on any atom is -0.373 e. The Labute approximate surface area is 146 Å². The normalized spacial score (nSPS) is 21.7. The Hall–Kier alpha value is -1.55. The van der Waals surface area contributed by atoms with E-state index in [1.165, 1.54) is 30.4 Å². The largest absolute Gasteiger partial charge is 0.373 e. The van der Waals surface area contributed by atoms with Crippen molar-refractivity contribution in [2.24, 2.45) is 16.6 Å². The highest BCUT2D eigenvalue weighted by Crippen LogP contribution is 2.33. The number of nitrogens with zero attached hydrogens (tertiary/aromatic N) is 1. The molecule has 0 aromatic heterocycles. The lowest BCUT2D eigenvalue weighted by Gasteiger charge is -2.31. The van der Waals surface area contributed by atoms with E-state index in [1.807, 2.05) is 0 Å². The monoisotopic (exact) mass is 331 g/mol. The zero-order valence-corrected chi connectivity index (χ0v) is 15.3. The minimum atomic E-state index is 0.139. The van der Waals surface area contributed by atoms with Gasteiger partial charge in [0.05, 0.1) is 6.10 Å². The summed E-state index contributed by atoms with van der Waals surface area (Å²) in [6, 6.07) is 8.66. The molecule has 4 heteroatoms. The molecule has 0 amide bonds. The molecule has 1 aromatic carbocycles. The molecule has 1 aliphatic heterocycles. The molecular formula is C20H33N3O. The molecule has 0 bridgehead atoms. The Kier molecular flexibility index (Phi) is 8.10. The van der Waals surface area contributed by atoms with E-state index >= 15 is 0 Å². The summed E-state index contributed by atoms with van der Waals surface area (Å²) in [5.41, 5.74) is 8.54. The molecule has 0 spiro atoms. The number of nitrogens with one attached hydrogen (secondary N) is 1. The average Bonchev–Trinajstić information content (AvgIpc) is 2.61. The van der Waals surface area contributed by atoms with Crippen LogP contribution in [0.1, 0.15) is 62.7 Å². The van der Waals surface area contributed by atoms with Crippen LogP contribution in [-0.4, -0.2) is 25.7 Å². The van der Waals surface area contributed by atoms with Gasteiger partial charge in [0.25, 0.3) is 0 Å². The molecule has 0 radical (unpaired) electrons. The molecule has 1 heterocycles. The first-order chi connectivity index (χ1) is 11.7. The van der Waals surface area contributed by atoms with Crippen LogP contribution < -0.4 is 11.1 Å². The summed E-state index contributed by atoms with van der Waals surface area (Å²) in [7, 11) is 0. The first-order valence-electron chi connectivity index (χ1n) is 9.42. The van der Waals surface area contributed by atoms with E-state index in [9.17, 15) is 0 Å². The van der Waals surface area contributed by atoms with Crippen molar-refractivity contribution in [1.82, 2.24) is 5.32 Å². The maximum absolute atomic E-state index is 6.04. The van der Waals surface area contributed by atoms with Crippen molar-refractivity contribution in [1.29, 1.82) is 0 Å². The van der Waals surface area contributed by atoms with E-state index in [2.05, 4.69) is 48.4 Å². The van der Waals surface area contributed by atoms with Crippen LogP contribution in [0, 0.1) is 12.8 Å². The molecule has 0 saturated carbocycles. The summed E-state index contributed by atoms with van der Waals surface area (Å²) < 4.78 is 6.04. The van der Waals surface area contributed by atoms with E-state index in [0.717, 1.165) is 39.0 Å². The van der Waals surface area contributed by atoms with Crippen LogP contribution >= 0.6 is 0 Å². The summed E-state index contributed by atoms with van der Waals surface area (Å²) in [5, 5.41) is 3.23. The third-order valence-corrected chi connectivity index (χ3v) is 4.68. The number of ether oxygens (including phenoxy) is 1. The van der Waals surface area contributed by atoms with Gasteiger partial charge in [0.2, 0.25) is 0 Å². The van der Waals surface area contributed by atoms with Gasteiger partial charge in [-0.05, 0) is 31.7 Å². The molecule has 24 heavy (non-hydrogen) atoms. The Morgan fingerprint density at radius 3 is 2.79 bits per heavy atom. The Balaban J connectivity index is 1.84. The first kappa shape index (κ1) is 18.8. The van der Waals surface area contributed by atoms with Crippen molar-refractivity contribution in [2.45, 2.75) is 58.5 Å². The van der Waals surface area contributed by atoms with Crippen LogP contribution in [-0.2, 0) is 4.74 Å². The number of aliphatic imine (C=N–C) groups is 1. The van der Waals surface area contributed by atoms with Crippen LogP contribution in [0.5, 0.6) is 0 Å². The summed E-state index contributed by atoms with van der Waals surface area (Å²) >= 11 is 0. The SMILES string of the molecule is CCCCCCNC(N)=NCC1CCCOC1c1ccc(C)cc1. The van der Waals surface area contributed by atoms with Gasteiger partial charge in [0, 0.05) is 25.6 Å². The maximum Gasteiger partial charge on any atom is 0.188 e. The zero-order chi connectivity index (χ0) is 17.2. The van der Waals surface area contributed by atoms with Crippen molar-refractivity contribution in [3.63, 3.8) is 0 Å². The highest BCUT2D eigenvalue weighted by atomic mass is 16.5. The van der Waals surface area contributed by atoms with Crippen molar-refractivity contribution in [2.75, 3.05) is 19.7 Å². The number of guanidine groups is 1. The fourth-order valence-electron chi connectivity index (χ4n) is 3.19. The van der Waals surface area contributed by atoms with Crippen LogP contribution in [0.25, 0.3) is 0 Å². The lowest BCUT2D eigenvalue weighted by atomic mass is 9.89. The molecule has 4 nitrogen and oxygen atoms in total. The summed E-state index contributed by atoms with van der Waals surface area (Å²) in [6.07, 6.45) is 7.34. The standard InChI is InChI=1S/C20H33N3O/c1-3-4-5-6-13-22-20(21)23-15-18-8-7-14-24-19(18)17-11-9-16(2)10-12-17/h9-12,18-19H,3-8,13-15H2,1-2H3,(H3,21,22,23). The molecule has 2 atom stereocenters. The second kappa shape index (κ2) is 10.3. The highest BCUT2D eigenvalue weighted by Gasteiger charge is 2.27. The van der Waals surface area contributed by atoms with Gasteiger partial charge in [0.1, 0.15) is 0 Å². The van der Waals surface area contributed by atoms with Gasteiger partial charge < -0.3 is 15.8 Å². The Morgan fingerprint density at radius 2 is 2.04 bits per heavy atom. The molecule has 1 aromatic rings. The van der Waals surface area contributed by atoms with Gasteiger partial charge in [-0.25, -0.2) is 0 Å². The van der Waals surface area contributed by atoms with E-state index in [0.29, 0.717) is 11.9 Å². The average molecular weight is 332 g/mol. The third kappa shape index (κ3) is 6.16. The topological polar surface area (TPSA) is 59.6 Å². The van der Waals surface area contributed by atoms with Crippen LogP contribution in [0.4, 0.5) is 0 Å². The van der Waals surface area contributed by atoms with Crippen molar-refractivity contribution >= 4 is 5.96 Å². The number of benzene rings is 1. The predicted octanol–water partition coefficient (Wildman–Crippen LogP) is 3.95. The molecular weight excluding hydrogens is 298 g/mol. The number of rotatable bonds is 8. The number of unbranched alkanes of at least 4 members (excludes halogenated alkanes) is 3. The van der Waals surface area contributed by atoms with Gasteiger partial charge in [-0.1, -0.05) is 56.0 Å². The second-order valence-corrected chi connectivity index (χ2v) is 6.82. The number of hydrogen-bond acceptors (Lipinski definition) is 2. The number of aryl methyl sites for hydroxylation is 1. The van der Waals surface area contributed by atoms with Gasteiger partial charge in [0.15, 0.2) is 5.96 Å². The van der Waals surface area contributed by atoms with Crippen LogP contribution in [0.2, 0.25) is 0 Å². The van der Waals surface area contributed by atoms with Crippen LogP contribution in [0.3, 0.4) is 0 Å². The fourth-order valence-corrected chi connectivity index (χ4v) is 3.19. The molecule has 1 aliphatic rings. The summed E-state index contributed by atoms with van der Waals surface area (Å²) in [4.78, 5) is 4.56. The highest BCUT2D eigenvalue weighted by molar-refractivity contribution is 5.77. The third-order valence-electron chi connectivity index (χ3n) is 4.68. The van der Waals surface area contributed by atoms with Crippen LogP contribution in [0.15, 0.2) is 29.3 Å². The van der Waals surface area contributed by atoms with Crippen molar-refractivity contribution in [3.8, 4) is 0 Å². The van der Waals surface area contributed by atoms with E-state index in [-0.39, 0.29) is 6.10 Å². The van der Waals surface area contributed by atoms with Gasteiger partial charge >= 0.3 is 0 Å². The molecule has 1 saturated heterocycles. The van der Waals surface area contributed by atoms with Gasteiger partial charge in [-0.15, -0.1) is 0 Å². The lowest BCUT2D eigenvalue weighted by Crippen LogP contribution is -2.34. The molecule has 2 unspecified atom stereocenters. The second-order valence-electron chi connectivity index (χ2n) is 6.82. The van der Waals surface area contributed by atoms with Crippen molar-refractivity contribution < 1.29 is 4.74 Å². The minimum absolute atomic E-state index is 0.139. The van der Waals surface area contributed by atoms with E-state index < -0.39 is 0 Å². The summed E-state index contributed by atoms with van der Waals surface area (Å²) in [6.45, 7) is 6.81. The molecule has 2 rings (SSSR count).